The smallest absolute Gasteiger partial charge is 0.264 e. The molecule has 0 radical (unpaired) electrons. The third-order valence-corrected chi connectivity index (χ3v) is 11.3. The van der Waals surface area contributed by atoms with Gasteiger partial charge in [0.05, 0.1) is 18.6 Å². The molecular formula is C27H30O2Si2. The van der Waals surface area contributed by atoms with Gasteiger partial charge in [0, 0.05) is 0 Å². The predicted molar refractivity (Wildman–Crippen MR) is 137 cm³/mol. The molecule has 0 aliphatic heterocycles. The van der Waals surface area contributed by atoms with Crippen LogP contribution in [-0.2, 0) is 14.3 Å². The second-order valence-electron chi connectivity index (χ2n) is 7.68. The van der Waals surface area contributed by atoms with Crippen molar-refractivity contribution in [3.05, 3.63) is 133 Å². The van der Waals surface area contributed by atoms with Crippen molar-refractivity contribution in [1.82, 2.24) is 0 Å². The van der Waals surface area contributed by atoms with Gasteiger partial charge in [0.2, 0.25) is 0 Å². The highest BCUT2D eigenvalue weighted by Crippen LogP contribution is 2.49. The van der Waals surface area contributed by atoms with Crippen molar-refractivity contribution < 1.29 is 8.85 Å². The average molecular weight is 443 g/mol. The highest BCUT2D eigenvalue weighted by molar-refractivity contribution is 6.88. The molecule has 0 N–H and O–H groups in total. The lowest BCUT2D eigenvalue weighted by Crippen LogP contribution is -2.46. The molecule has 0 atom stereocenters. The Labute approximate surface area is 188 Å². The van der Waals surface area contributed by atoms with Crippen molar-refractivity contribution in [2.24, 2.45) is 0 Å². The molecule has 0 aromatic heterocycles. The Hall–Kier alpha value is -2.77. The van der Waals surface area contributed by atoms with Crippen LogP contribution in [0.25, 0.3) is 11.1 Å². The largest absolute Gasteiger partial charge is 0.404 e. The molecule has 2 aromatic rings. The lowest BCUT2D eigenvalue weighted by atomic mass is 9.80. The van der Waals surface area contributed by atoms with Gasteiger partial charge < -0.3 is 8.85 Å². The molecular weight excluding hydrogens is 412 g/mol. The minimum atomic E-state index is -2.49. The molecule has 3 rings (SSSR count). The molecule has 4 heteroatoms. The van der Waals surface area contributed by atoms with Gasteiger partial charge in [-0.1, -0.05) is 82.7 Å². The average Bonchev–Trinajstić information content (AvgIpc) is 3.12. The quantitative estimate of drug-likeness (QED) is 0.363. The van der Waals surface area contributed by atoms with E-state index in [9.17, 15) is 0 Å². The zero-order valence-corrected chi connectivity index (χ0v) is 20.1. The van der Waals surface area contributed by atoms with E-state index in [0.29, 0.717) is 13.2 Å². The summed E-state index contributed by atoms with van der Waals surface area (Å²) in [5, 5.41) is 0. The molecule has 158 valence electrons. The van der Waals surface area contributed by atoms with Crippen molar-refractivity contribution in [2.45, 2.75) is 5.41 Å². The Morgan fingerprint density at radius 3 is 1.23 bits per heavy atom. The first-order valence-electron chi connectivity index (χ1n) is 10.3. The summed E-state index contributed by atoms with van der Waals surface area (Å²) in [4.78, 5) is 0. The van der Waals surface area contributed by atoms with E-state index >= 15 is 0 Å². The summed E-state index contributed by atoms with van der Waals surface area (Å²) in [5.74, 6) is 0. The summed E-state index contributed by atoms with van der Waals surface area (Å²) in [7, 11) is -4.97. The summed E-state index contributed by atoms with van der Waals surface area (Å²) in [6.45, 7) is 24.8. The van der Waals surface area contributed by atoms with Gasteiger partial charge in [-0.15, -0.1) is 39.5 Å². The molecule has 0 saturated carbocycles. The van der Waals surface area contributed by atoms with E-state index in [4.69, 9.17) is 8.85 Å². The van der Waals surface area contributed by atoms with Crippen molar-refractivity contribution >= 4 is 16.6 Å². The molecule has 0 spiro atoms. The summed E-state index contributed by atoms with van der Waals surface area (Å²) in [6.07, 6.45) is 0. The molecule has 0 amide bonds. The van der Waals surface area contributed by atoms with E-state index < -0.39 is 22.0 Å². The van der Waals surface area contributed by atoms with Gasteiger partial charge in [-0.05, 0) is 22.3 Å². The number of fused-ring (bicyclic) bond motifs is 3. The molecule has 2 nitrogen and oxygen atoms in total. The van der Waals surface area contributed by atoms with Gasteiger partial charge in [0.25, 0.3) is 16.6 Å². The molecule has 1 aliphatic carbocycles. The number of benzene rings is 2. The van der Waals surface area contributed by atoms with E-state index in [1.807, 2.05) is 34.2 Å². The van der Waals surface area contributed by atoms with Gasteiger partial charge >= 0.3 is 0 Å². The molecule has 2 aromatic carbocycles. The number of hydrogen-bond acceptors (Lipinski definition) is 2. The number of hydrogen-bond donors (Lipinski definition) is 0. The molecule has 0 saturated heterocycles. The maximum Gasteiger partial charge on any atom is 0.264 e. The normalized spacial score (nSPS) is 14.1. The summed E-state index contributed by atoms with van der Waals surface area (Å²) >= 11 is 0. The zero-order chi connectivity index (χ0) is 22.5. The predicted octanol–water partition coefficient (Wildman–Crippen LogP) is 6.23. The van der Waals surface area contributed by atoms with Crippen LogP contribution in [0.3, 0.4) is 0 Å². The van der Waals surface area contributed by atoms with Gasteiger partial charge in [0.1, 0.15) is 0 Å². The highest BCUT2D eigenvalue weighted by atomic mass is 28.4. The SMILES string of the molecule is C=C[Si](C=C)(C=C)OCC1(CO[Si](C=C)(C=C)C=C)c2ccccc2-c2ccccc21. The molecule has 0 fully saturated rings. The van der Waals surface area contributed by atoms with Crippen molar-refractivity contribution in [2.75, 3.05) is 13.2 Å². The maximum atomic E-state index is 6.59. The van der Waals surface area contributed by atoms with Crippen LogP contribution in [0, 0.1) is 0 Å². The number of rotatable bonds is 12. The van der Waals surface area contributed by atoms with Crippen LogP contribution >= 0.6 is 0 Å². The van der Waals surface area contributed by atoms with Crippen molar-refractivity contribution in [3.63, 3.8) is 0 Å². The van der Waals surface area contributed by atoms with Crippen LogP contribution in [0.4, 0.5) is 0 Å². The van der Waals surface area contributed by atoms with Crippen LogP contribution in [0.1, 0.15) is 11.1 Å². The first-order chi connectivity index (χ1) is 15.0. The van der Waals surface area contributed by atoms with Crippen LogP contribution in [-0.4, -0.2) is 29.8 Å². The lowest BCUT2D eigenvalue weighted by Gasteiger charge is -2.37. The molecule has 0 bridgehead atoms. The Morgan fingerprint density at radius 2 is 0.903 bits per heavy atom. The van der Waals surface area contributed by atoms with Crippen molar-refractivity contribution in [1.29, 1.82) is 0 Å². The van der Waals surface area contributed by atoms with Gasteiger partial charge in [-0.2, -0.15) is 0 Å². The first kappa shape index (κ1) is 22.9. The summed E-state index contributed by atoms with van der Waals surface area (Å²) < 4.78 is 13.2. The Bertz CT molecular complexity index is 910. The third-order valence-electron chi connectivity index (χ3n) is 6.23. The Balaban J connectivity index is 2.16. The fourth-order valence-corrected chi connectivity index (χ4v) is 6.82. The molecule has 0 heterocycles. The molecule has 31 heavy (non-hydrogen) atoms. The van der Waals surface area contributed by atoms with E-state index in [2.05, 4.69) is 88.0 Å². The van der Waals surface area contributed by atoms with E-state index in [1.165, 1.54) is 22.3 Å². The van der Waals surface area contributed by atoms with Crippen LogP contribution < -0.4 is 0 Å². The third kappa shape index (κ3) is 3.84. The Kier molecular flexibility index (Phi) is 6.77. The summed E-state index contributed by atoms with van der Waals surface area (Å²) in [6, 6.07) is 16.9. The summed E-state index contributed by atoms with van der Waals surface area (Å²) in [5.41, 5.74) is 15.4. The lowest BCUT2D eigenvalue weighted by molar-refractivity contribution is 0.171. The highest BCUT2D eigenvalue weighted by Gasteiger charge is 2.46. The monoisotopic (exact) mass is 442 g/mol. The van der Waals surface area contributed by atoms with Crippen LogP contribution in [0.5, 0.6) is 0 Å². The second kappa shape index (κ2) is 9.16. The van der Waals surface area contributed by atoms with Crippen LogP contribution in [0.2, 0.25) is 0 Å². The first-order valence-corrected chi connectivity index (χ1v) is 14.6. The van der Waals surface area contributed by atoms with Crippen molar-refractivity contribution in [3.8, 4) is 11.1 Å². The minimum Gasteiger partial charge on any atom is -0.404 e. The van der Waals surface area contributed by atoms with E-state index in [1.54, 1.807) is 0 Å². The minimum absolute atomic E-state index is 0.424. The van der Waals surface area contributed by atoms with E-state index in [0.717, 1.165) is 0 Å². The Morgan fingerprint density at radius 1 is 0.581 bits per heavy atom. The molecule has 0 unspecified atom stereocenters. The van der Waals surface area contributed by atoms with Gasteiger partial charge in [0.15, 0.2) is 0 Å². The fourth-order valence-electron chi connectivity index (χ4n) is 4.12. The maximum absolute atomic E-state index is 6.59. The standard InChI is InChI=1S/C27H30O2Si2/c1-7-30(8-2,9-3)28-21-27(22-29-31(10-4,11-5)12-6)25-19-15-13-17-23(25)24-18-14-16-20-26(24)27/h7-20H,1-6,21-22H2. The van der Waals surface area contributed by atoms with Crippen LogP contribution in [0.15, 0.2) is 122 Å². The fraction of sp³-hybridized carbons (Fsp3) is 0.111. The molecule has 1 aliphatic rings. The van der Waals surface area contributed by atoms with Gasteiger partial charge in [-0.25, -0.2) is 0 Å². The zero-order valence-electron chi connectivity index (χ0n) is 18.1. The second-order valence-corrected chi connectivity index (χ2v) is 14.1. The van der Waals surface area contributed by atoms with Gasteiger partial charge in [-0.3, -0.25) is 0 Å². The topological polar surface area (TPSA) is 18.5 Å². The van der Waals surface area contributed by atoms with E-state index in [-0.39, 0.29) is 0 Å².